The summed E-state index contributed by atoms with van der Waals surface area (Å²) >= 11 is 0. The highest BCUT2D eigenvalue weighted by atomic mass is 16.5. The van der Waals surface area contributed by atoms with Crippen molar-refractivity contribution in [2.45, 2.75) is 54.4 Å². The van der Waals surface area contributed by atoms with Crippen molar-refractivity contribution in [1.82, 2.24) is 0 Å². The van der Waals surface area contributed by atoms with Gasteiger partial charge in [0.25, 0.3) is 0 Å². The number of ether oxygens (including phenoxy) is 1. The Morgan fingerprint density at radius 2 is 1.69 bits per heavy atom. The molecule has 13 heavy (non-hydrogen) atoms. The van der Waals surface area contributed by atoms with E-state index in [1.165, 1.54) is 0 Å². The molecule has 0 aliphatic carbocycles. The van der Waals surface area contributed by atoms with Gasteiger partial charge in [0.1, 0.15) is 0 Å². The quantitative estimate of drug-likeness (QED) is 0.594. The van der Waals surface area contributed by atoms with E-state index < -0.39 is 0 Å². The second kappa shape index (κ2) is 8.15. The second-order valence-electron chi connectivity index (χ2n) is 3.99. The molecule has 0 rings (SSSR count). The van der Waals surface area contributed by atoms with Crippen LogP contribution in [0.4, 0.5) is 0 Å². The van der Waals surface area contributed by atoms with Crippen molar-refractivity contribution in [1.29, 1.82) is 0 Å². The van der Waals surface area contributed by atoms with Crippen LogP contribution >= 0.6 is 0 Å². The van der Waals surface area contributed by atoms with Crippen LogP contribution in [0.15, 0.2) is 11.8 Å². The normalized spacial score (nSPS) is 11.8. The van der Waals surface area contributed by atoms with Gasteiger partial charge in [0, 0.05) is 6.42 Å². The molecule has 0 N–H and O–H groups in total. The van der Waals surface area contributed by atoms with Gasteiger partial charge in [-0.15, -0.1) is 0 Å². The molecule has 1 heteroatoms. The van der Waals surface area contributed by atoms with Gasteiger partial charge in [0.2, 0.25) is 0 Å². The van der Waals surface area contributed by atoms with Gasteiger partial charge in [0.15, 0.2) is 0 Å². The first-order valence-corrected chi connectivity index (χ1v) is 5.22. The topological polar surface area (TPSA) is 9.23 Å². The third-order valence-corrected chi connectivity index (χ3v) is 1.55. The molecule has 0 aromatic rings. The lowest BCUT2D eigenvalue weighted by molar-refractivity contribution is 0.275. The summed E-state index contributed by atoms with van der Waals surface area (Å²) in [4.78, 5) is 0. The fourth-order valence-electron chi connectivity index (χ4n) is 0.792. The molecular weight excluding hydrogens is 160 g/mol. The van der Waals surface area contributed by atoms with E-state index >= 15 is 0 Å². The summed E-state index contributed by atoms with van der Waals surface area (Å²) < 4.78 is 5.16. The molecule has 0 saturated heterocycles. The van der Waals surface area contributed by atoms with Crippen LogP contribution in [0.25, 0.3) is 0 Å². The third kappa shape index (κ3) is 11.5. The standard InChI is InChI=1S/C10H20O.C2H6/c1-6-9(11-5)7-8-10(2,3)4;1-2/h7H,6,8H2,1-5H3;1-2H3/b9-7-;. The van der Waals surface area contributed by atoms with Gasteiger partial charge in [0.05, 0.1) is 12.9 Å². The molecule has 0 bridgehead atoms. The van der Waals surface area contributed by atoms with Gasteiger partial charge >= 0.3 is 0 Å². The maximum atomic E-state index is 5.16. The van der Waals surface area contributed by atoms with Crippen molar-refractivity contribution in [3.63, 3.8) is 0 Å². The lowest BCUT2D eigenvalue weighted by atomic mass is 9.92. The summed E-state index contributed by atoms with van der Waals surface area (Å²) in [7, 11) is 1.73. The Morgan fingerprint density at radius 1 is 1.23 bits per heavy atom. The zero-order valence-electron chi connectivity index (χ0n) is 10.4. The number of methoxy groups -OCH3 is 1. The van der Waals surface area contributed by atoms with Gasteiger partial charge in [-0.05, 0) is 17.9 Å². The van der Waals surface area contributed by atoms with Crippen molar-refractivity contribution in [3.05, 3.63) is 11.8 Å². The van der Waals surface area contributed by atoms with E-state index in [-0.39, 0.29) is 0 Å². The lowest BCUT2D eigenvalue weighted by Gasteiger charge is -2.15. The van der Waals surface area contributed by atoms with Crippen LogP contribution in [0.1, 0.15) is 54.4 Å². The second-order valence-corrected chi connectivity index (χ2v) is 3.99. The Kier molecular flexibility index (Phi) is 9.43. The van der Waals surface area contributed by atoms with Gasteiger partial charge in [-0.2, -0.15) is 0 Å². The Hall–Kier alpha value is -0.460. The number of hydrogen-bond donors (Lipinski definition) is 0. The summed E-state index contributed by atoms with van der Waals surface area (Å²) in [6.07, 6.45) is 4.26. The Labute approximate surface area is 84.2 Å². The van der Waals surface area contributed by atoms with Gasteiger partial charge in [-0.25, -0.2) is 0 Å². The fraction of sp³-hybridized carbons (Fsp3) is 0.833. The van der Waals surface area contributed by atoms with Crippen LogP contribution in [0, 0.1) is 5.41 Å². The molecule has 0 aliphatic rings. The molecule has 0 aromatic heterocycles. The first kappa shape index (κ1) is 15.0. The third-order valence-electron chi connectivity index (χ3n) is 1.55. The molecule has 1 nitrogen and oxygen atoms in total. The first-order chi connectivity index (χ1) is 5.99. The molecule has 0 aromatic carbocycles. The average molecular weight is 186 g/mol. The molecule has 0 saturated carbocycles. The van der Waals surface area contributed by atoms with Crippen molar-refractivity contribution >= 4 is 0 Å². The van der Waals surface area contributed by atoms with E-state index in [0.29, 0.717) is 5.41 Å². The van der Waals surface area contributed by atoms with Crippen molar-refractivity contribution < 1.29 is 4.74 Å². The van der Waals surface area contributed by atoms with Crippen LogP contribution in [0.3, 0.4) is 0 Å². The van der Waals surface area contributed by atoms with Crippen molar-refractivity contribution in [2.75, 3.05) is 7.11 Å². The molecule has 0 radical (unpaired) electrons. The Morgan fingerprint density at radius 3 is 1.92 bits per heavy atom. The highest BCUT2D eigenvalue weighted by molar-refractivity contribution is 4.93. The van der Waals surface area contributed by atoms with E-state index in [2.05, 4.69) is 33.8 Å². The smallest absolute Gasteiger partial charge is 0.0913 e. The highest BCUT2D eigenvalue weighted by Gasteiger charge is 2.07. The van der Waals surface area contributed by atoms with Gasteiger partial charge in [-0.1, -0.05) is 41.5 Å². The zero-order valence-corrected chi connectivity index (χ0v) is 10.4. The van der Waals surface area contributed by atoms with Crippen LogP contribution in [-0.2, 0) is 4.74 Å². The van der Waals surface area contributed by atoms with E-state index in [4.69, 9.17) is 4.74 Å². The van der Waals surface area contributed by atoms with Gasteiger partial charge < -0.3 is 4.74 Å². The SMILES string of the molecule is CC.CC/C(=C/CC(C)(C)C)OC. The highest BCUT2D eigenvalue weighted by Crippen LogP contribution is 2.20. The molecule has 80 valence electrons. The summed E-state index contributed by atoms with van der Waals surface area (Å²) in [5.74, 6) is 1.10. The van der Waals surface area contributed by atoms with Crippen LogP contribution in [0.5, 0.6) is 0 Å². The minimum atomic E-state index is 0.374. The number of rotatable bonds is 3. The summed E-state index contributed by atoms with van der Waals surface area (Å²) in [6, 6.07) is 0. The lowest BCUT2D eigenvalue weighted by Crippen LogP contribution is -2.03. The molecule has 0 unspecified atom stereocenters. The summed E-state index contributed by atoms with van der Waals surface area (Å²) in [5, 5.41) is 0. The maximum Gasteiger partial charge on any atom is 0.0913 e. The molecule has 0 amide bonds. The Balaban J connectivity index is 0. The van der Waals surface area contributed by atoms with Crippen LogP contribution in [-0.4, -0.2) is 7.11 Å². The predicted octanol–water partition coefficient (Wildman–Crippen LogP) is 4.39. The molecule has 0 spiro atoms. The van der Waals surface area contributed by atoms with E-state index in [0.717, 1.165) is 18.6 Å². The van der Waals surface area contributed by atoms with Crippen molar-refractivity contribution in [2.24, 2.45) is 5.41 Å². The predicted molar refractivity (Wildman–Crippen MR) is 60.8 cm³/mol. The zero-order chi connectivity index (χ0) is 10.9. The maximum absolute atomic E-state index is 5.16. The minimum Gasteiger partial charge on any atom is -0.501 e. The largest absolute Gasteiger partial charge is 0.501 e. The number of hydrogen-bond acceptors (Lipinski definition) is 1. The summed E-state index contributed by atoms with van der Waals surface area (Å²) in [5.41, 5.74) is 0.374. The fourth-order valence-corrected chi connectivity index (χ4v) is 0.792. The monoisotopic (exact) mass is 186 g/mol. The van der Waals surface area contributed by atoms with E-state index in [9.17, 15) is 0 Å². The molecule has 0 heterocycles. The molecule has 0 aliphatic heterocycles. The number of allylic oxidation sites excluding steroid dienone is 2. The average Bonchev–Trinajstić information content (AvgIpc) is 2.08. The van der Waals surface area contributed by atoms with Crippen molar-refractivity contribution in [3.8, 4) is 0 Å². The molecular formula is C12H26O. The summed E-state index contributed by atoms with van der Waals surface area (Å²) in [6.45, 7) is 12.8. The van der Waals surface area contributed by atoms with E-state index in [1.54, 1.807) is 7.11 Å². The Bertz CT molecular complexity index is 123. The van der Waals surface area contributed by atoms with E-state index in [1.807, 2.05) is 13.8 Å². The molecule has 0 fully saturated rings. The first-order valence-electron chi connectivity index (χ1n) is 5.22. The van der Waals surface area contributed by atoms with Crippen LogP contribution in [0.2, 0.25) is 0 Å². The van der Waals surface area contributed by atoms with Crippen LogP contribution < -0.4 is 0 Å². The minimum absolute atomic E-state index is 0.374. The van der Waals surface area contributed by atoms with Gasteiger partial charge in [-0.3, -0.25) is 0 Å². The molecule has 0 atom stereocenters.